The minimum atomic E-state index is -5.04. The summed E-state index contributed by atoms with van der Waals surface area (Å²) in [7, 11) is -9.78. The fourth-order valence-electron chi connectivity index (χ4n) is 4.22. The van der Waals surface area contributed by atoms with E-state index < -0.39 is 35.9 Å². The lowest BCUT2D eigenvalue weighted by molar-refractivity contribution is -0.113. The van der Waals surface area contributed by atoms with Crippen LogP contribution in [0.5, 0.6) is 0 Å². The van der Waals surface area contributed by atoms with Crippen molar-refractivity contribution in [3.8, 4) is 0 Å². The second-order valence-electron chi connectivity index (χ2n) is 8.21. The van der Waals surface area contributed by atoms with E-state index in [1.54, 1.807) is 54.6 Å². The highest BCUT2D eigenvalue weighted by atomic mass is 35.5. The van der Waals surface area contributed by atoms with Crippen molar-refractivity contribution >= 4 is 66.1 Å². The third kappa shape index (κ3) is 4.62. The Labute approximate surface area is 222 Å². The molecule has 1 aliphatic rings. The van der Waals surface area contributed by atoms with Gasteiger partial charge in [-0.2, -0.15) is 16.8 Å². The molecule has 0 saturated carbocycles. The number of amides is 1. The van der Waals surface area contributed by atoms with Crippen molar-refractivity contribution < 1.29 is 30.7 Å². The number of carbonyl (C=O) groups is 1. The summed E-state index contributed by atoms with van der Waals surface area (Å²) in [5.41, 5.74) is 0.658. The van der Waals surface area contributed by atoms with E-state index >= 15 is 0 Å². The summed E-state index contributed by atoms with van der Waals surface area (Å²) in [6.45, 7) is 0. The van der Waals surface area contributed by atoms with Gasteiger partial charge in [0.15, 0.2) is 0 Å². The molecule has 0 atom stereocenters. The predicted octanol–water partition coefficient (Wildman–Crippen LogP) is 4.82. The molecule has 192 valence electrons. The van der Waals surface area contributed by atoms with E-state index in [0.29, 0.717) is 16.1 Å². The summed E-state index contributed by atoms with van der Waals surface area (Å²) in [5, 5.41) is -0.0169. The van der Waals surface area contributed by atoms with E-state index in [4.69, 9.17) is 11.6 Å². The van der Waals surface area contributed by atoms with E-state index in [0.717, 1.165) is 11.0 Å². The zero-order chi connectivity index (χ0) is 27.2. The number of amidine groups is 1. The monoisotopic (exact) mass is 568 g/mol. The fourth-order valence-corrected chi connectivity index (χ4v) is 6.00. The molecule has 1 amide bonds. The number of hydrogen-bond donors (Lipinski definition) is 2. The van der Waals surface area contributed by atoms with Crippen LogP contribution in [0.1, 0.15) is 11.1 Å². The maximum atomic E-state index is 13.7. The highest BCUT2D eigenvalue weighted by molar-refractivity contribution is 7.86. The summed E-state index contributed by atoms with van der Waals surface area (Å²) in [6, 6.07) is 21.3. The Bertz CT molecular complexity index is 1900. The molecule has 0 unspecified atom stereocenters. The van der Waals surface area contributed by atoms with E-state index in [1.165, 1.54) is 30.3 Å². The maximum Gasteiger partial charge on any atom is 0.297 e. The second-order valence-corrected chi connectivity index (χ2v) is 11.4. The molecule has 0 aliphatic carbocycles. The summed E-state index contributed by atoms with van der Waals surface area (Å²) in [5.74, 6) is -0.636. The summed E-state index contributed by atoms with van der Waals surface area (Å²) in [4.78, 5) is 18.0. The third-order valence-electron chi connectivity index (χ3n) is 5.82. The zero-order valence-electron chi connectivity index (χ0n) is 19.2. The molecule has 12 heteroatoms. The minimum absolute atomic E-state index is 0.0509. The van der Waals surface area contributed by atoms with Gasteiger partial charge in [0.1, 0.15) is 21.3 Å². The normalized spacial score (nSPS) is 15.3. The van der Waals surface area contributed by atoms with Gasteiger partial charge in [0.25, 0.3) is 26.1 Å². The van der Waals surface area contributed by atoms with Crippen LogP contribution in [0.25, 0.3) is 16.8 Å². The lowest BCUT2D eigenvalue weighted by Crippen LogP contribution is -2.34. The molecule has 0 bridgehead atoms. The molecule has 4 aromatic carbocycles. The lowest BCUT2D eigenvalue weighted by Gasteiger charge is -2.22. The first kappa shape index (κ1) is 25.8. The lowest BCUT2D eigenvalue weighted by atomic mass is 10.1. The number of aliphatic imine (C=N–C) groups is 1. The summed E-state index contributed by atoms with van der Waals surface area (Å²) < 4.78 is 69.1. The average Bonchev–Trinajstić information content (AvgIpc) is 3.19. The van der Waals surface area contributed by atoms with Gasteiger partial charge in [-0.3, -0.25) is 18.8 Å². The molecule has 0 spiro atoms. The quantitative estimate of drug-likeness (QED) is 0.259. The van der Waals surface area contributed by atoms with Gasteiger partial charge in [0, 0.05) is 21.4 Å². The number of carbonyl (C=O) groups excluding carboxylic acids is 1. The Morgan fingerprint density at radius 1 is 0.763 bits per heavy atom. The van der Waals surface area contributed by atoms with Gasteiger partial charge in [0.05, 0.1) is 5.69 Å². The van der Waals surface area contributed by atoms with Crippen molar-refractivity contribution in [3.63, 3.8) is 0 Å². The van der Waals surface area contributed by atoms with E-state index in [9.17, 15) is 30.7 Å². The second kappa shape index (κ2) is 9.46. The van der Waals surface area contributed by atoms with Crippen LogP contribution in [-0.4, -0.2) is 37.7 Å². The SMILES string of the molecule is O=C1/C(=C/c2ccccc2Cl)N=C(c2ccccc2)N1c1ccc2c(S(=O)(=O)O)cccc2c1S(=O)(=O)O. The first-order valence-electron chi connectivity index (χ1n) is 10.9. The molecule has 38 heavy (non-hydrogen) atoms. The van der Waals surface area contributed by atoms with E-state index in [1.807, 2.05) is 0 Å². The highest BCUT2D eigenvalue weighted by Gasteiger charge is 2.37. The number of anilines is 1. The van der Waals surface area contributed by atoms with Crippen molar-refractivity contribution in [2.45, 2.75) is 9.79 Å². The molecule has 0 radical (unpaired) electrons. The number of fused-ring (bicyclic) bond motifs is 1. The first-order chi connectivity index (χ1) is 18.0. The van der Waals surface area contributed by atoms with Gasteiger partial charge in [-0.15, -0.1) is 0 Å². The van der Waals surface area contributed by atoms with Crippen molar-refractivity contribution in [2.75, 3.05) is 4.90 Å². The van der Waals surface area contributed by atoms with Gasteiger partial charge in [-0.1, -0.05) is 78.3 Å². The van der Waals surface area contributed by atoms with Crippen molar-refractivity contribution in [1.29, 1.82) is 0 Å². The molecule has 0 aromatic heterocycles. The Kier molecular flexibility index (Phi) is 6.41. The van der Waals surface area contributed by atoms with Crippen LogP contribution in [0.15, 0.2) is 105 Å². The van der Waals surface area contributed by atoms with Crippen LogP contribution in [-0.2, 0) is 25.0 Å². The van der Waals surface area contributed by atoms with E-state index in [2.05, 4.69) is 4.99 Å². The first-order valence-corrected chi connectivity index (χ1v) is 14.2. The van der Waals surface area contributed by atoms with Crippen molar-refractivity contribution in [1.82, 2.24) is 0 Å². The molecular formula is C26H17ClN2O7S2. The van der Waals surface area contributed by atoms with Gasteiger partial charge in [-0.05, 0) is 29.8 Å². The number of benzene rings is 4. The number of rotatable bonds is 5. The number of hydrogen-bond acceptors (Lipinski definition) is 6. The molecule has 9 nitrogen and oxygen atoms in total. The summed E-state index contributed by atoms with van der Waals surface area (Å²) in [6.07, 6.45) is 1.46. The molecule has 4 aromatic rings. The van der Waals surface area contributed by atoms with Crippen LogP contribution in [0.2, 0.25) is 5.02 Å². The Morgan fingerprint density at radius 3 is 2.11 bits per heavy atom. The van der Waals surface area contributed by atoms with Crippen molar-refractivity contribution in [3.05, 3.63) is 107 Å². The Hall–Kier alpha value is -3.87. The molecule has 5 rings (SSSR count). The highest BCUT2D eigenvalue weighted by Crippen LogP contribution is 2.39. The predicted molar refractivity (Wildman–Crippen MR) is 143 cm³/mol. The van der Waals surface area contributed by atoms with Gasteiger partial charge in [-0.25, -0.2) is 4.99 Å². The molecule has 2 N–H and O–H groups in total. The van der Waals surface area contributed by atoms with Crippen molar-refractivity contribution in [2.24, 2.45) is 4.99 Å². The smallest absolute Gasteiger partial charge is 0.282 e. The van der Waals surface area contributed by atoms with Crippen LogP contribution in [0.3, 0.4) is 0 Å². The number of nitrogens with zero attached hydrogens (tertiary/aromatic N) is 2. The standard InChI is InChI=1S/C26H17ClN2O7S2/c27-20-11-5-4-9-17(20)15-21-26(30)29(25(28-21)16-7-2-1-3-8-16)22-14-13-18-19(24(22)38(34,35)36)10-6-12-23(18)37(31,32)33/h1-15H,(H,31,32,33)(H,34,35,36)/b21-15-. The molecule has 0 fully saturated rings. The van der Waals surface area contributed by atoms with E-state index in [-0.39, 0.29) is 28.0 Å². The van der Waals surface area contributed by atoms with Crippen LogP contribution in [0.4, 0.5) is 5.69 Å². The van der Waals surface area contributed by atoms with Gasteiger partial charge in [0.2, 0.25) is 0 Å². The summed E-state index contributed by atoms with van der Waals surface area (Å²) >= 11 is 6.26. The maximum absolute atomic E-state index is 13.7. The third-order valence-corrected chi connectivity index (χ3v) is 8.02. The molecule has 1 heterocycles. The Morgan fingerprint density at radius 2 is 1.45 bits per heavy atom. The van der Waals surface area contributed by atoms with Gasteiger partial charge < -0.3 is 0 Å². The fraction of sp³-hybridized carbons (Fsp3) is 0. The zero-order valence-corrected chi connectivity index (χ0v) is 21.6. The van der Waals surface area contributed by atoms with Crippen LogP contribution in [0, 0.1) is 0 Å². The van der Waals surface area contributed by atoms with Gasteiger partial charge >= 0.3 is 0 Å². The van der Waals surface area contributed by atoms with Crippen LogP contribution >= 0.6 is 11.6 Å². The topological polar surface area (TPSA) is 141 Å². The average molecular weight is 569 g/mol. The molecule has 0 saturated heterocycles. The number of halogens is 1. The Balaban J connectivity index is 1.81. The van der Waals surface area contributed by atoms with Crippen LogP contribution < -0.4 is 4.90 Å². The molecule has 1 aliphatic heterocycles. The largest absolute Gasteiger partial charge is 0.297 e. The minimum Gasteiger partial charge on any atom is -0.282 e. The molecular weight excluding hydrogens is 552 g/mol.